The van der Waals surface area contributed by atoms with E-state index in [2.05, 4.69) is 15.9 Å². The molecule has 0 aliphatic carbocycles. The van der Waals surface area contributed by atoms with Gasteiger partial charge >= 0.3 is 0 Å². The number of aliphatic hydroxyl groups is 1. The maximum Gasteiger partial charge on any atom is 0.123 e. The van der Waals surface area contributed by atoms with Crippen molar-refractivity contribution >= 4 is 15.9 Å². The van der Waals surface area contributed by atoms with Crippen LogP contribution in [0.2, 0.25) is 0 Å². The summed E-state index contributed by atoms with van der Waals surface area (Å²) in [6, 6.07) is 11.6. The van der Waals surface area contributed by atoms with Crippen molar-refractivity contribution in [2.75, 3.05) is 13.7 Å². The van der Waals surface area contributed by atoms with Gasteiger partial charge in [-0.05, 0) is 29.8 Å². The molecule has 0 aliphatic rings. The summed E-state index contributed by atoms with van der Waals surface area (Å²) in [6.07, 6.45) is -0.934. The first kappa shape index (κ1) is 15.9. The molecule has 0 saturated carbocycles. The largest absolute Gasteiger partial charge is 0.496 e. The molecule has 112 valence electrons. The first-order chi connectivity index (χ1) is 10.1. The average molecular weight is 354 g/mol. The minimum absolute atomic E-state index is 0.213. The Hall–Kier alpha value is -1.43. The molecule has 0 fully saturated rings. The van der Waals surface area contributed by atoms with Crippen LogP contribution >= 0.6 is 15.9 Å². The summed E-state index contributed by atoms with van der Waals surface area (Å²) >= 11 is 3.34. The Kier molecular flexibility index (Phi) is 5.33. The molecular weight excluding hydrogens is 337 g/mol. The summed E-state index contributed by atoms with van der Waals surface area (Å²) in [6.45, 7) is 0.213. The summed E-state index contributed by atoms with van der Waals surface area (Å²) < 4.78 is 19.4. The Labute approximate surface area is 131 Å². The number of halogens is 2. The van der Waals surface area contributed by atoms with Crippen LogP contribution in [0.1, 0.15) is 23.1 Å². The van der Waals surface area contributed by atoms with Crippen molar-refractivity contribution in [2.45, 2.75) is 12.0 Å². The van der Waals surface area contributed by atoms with Crippen molar-refractivity contribution in [3.05, 3.63) is 63.9 Å². The quantitative estimate of drug-likeness (QED) is 0.866. The van der Waals surface area contributed by atoms with Crippen LogP contribution in [0.5, 0.6) is 5.75 Å². The highest BCUT2D eigenvalue weighted by atomic mass is 79.9. The van der Waals surface area contributed by atoms with E-state index in [0.717, 1.165) is 5.56 Å². The number of hydrogen-bond acceptors (Lipinski definition) is 3. The topological polar surface area (TPSA) is 55.5 Å². The van der Waals surface area contributed by atoms with Gasteiger partial charge in [0, 0.05) is 22.5 Å². The van der Waals surface area contributed by atoms with Crippen LogP contribution in [0.3, 0.4) is 0 Å². The van der Waals surface area contributed by atoms with Crippen LogP contribution in [0.4, 0.5) is 4.39 Å². The van der Waals surface area contributed by atoms with Crippen LogP contribution < -0.4 is 10.5 Å². The highest BCUT2D eigenvalue weighted by molar-refractivity contribution is 9.10. The molecule has 3 nitrogen and oxygen atoms in total. The van der Waals surface area contributed by atoms with E-state index in [1.54, 1.807) is 13.2 Å². The first-order valence-electron chi connectivity index (χ1n) is 6.54. The lowest BCUT2D eigenvalue weighted by Crippen LogP contribution is -2.21. The monoisotopic (exact) mass is 353 g/mol. The van der Waals surface area contributed by atoms with Crippen molar-refractivity contribution < 1.29 is 14.2 Å². The Morgan fingerprint density at radius 2 is 1.95 bits per heavy atom. The summed E-state index contributed by atoms with van der Waals surface area (Å²) in [5.74, 6) is -0.137. The fraction of sp³-hybridized carbons (Fsp3) is 0.250. The van der Waals surface area contributed by atoms with Gasteiger partial charge in [0.2, 0.25) is 0 Å². The Bertz CT molecular complexity index is 621. The lowest BCUT2D eigenvalue weighted by Gasteiger charge is -2.24. The highest BCUT2D eigenvalue weighted by Gasteiger charge is 2.26. The number of para-hydroxylation sites is 1. The predicted octanol–water partition coefficient (Wildman–Crippen LogP) is 3.37. The summed E-state index contributed by atoms with van der Waals surface area (Å²) in [7, 11) is 1.57. The van der Waals surface area contributed by atoms with Crippen LogP contribution in [0.25, 0.3) is 0 Å². The zero-order valence-corrected chi connectivity index (χ0v) is 13.2. The molecule has 21 heavy (non-hydrogen) atoms. The van der Waals surface area contributed by atoms with Crippen molar-refractivity contribution in [3.63, 3.8) is 0 Å². The van der Waals surface area contributed by atoms with E-state index >= 15 is 0 Å². The van der Waals surface area contributed by atoms with Crippen molar-refractivity contribution in [1.29, 1.82) is 0 Å². The smallest absolute Gasteiger partial charge is 0.123 e. The molecule has 2 rings (SSSR count). The van der Waals surface area contributed by atoms with Gasteiger partial charge in [-0.15, -0.1) is 0 Å². The summed E-state index contributed by atoms with van der Waals surface area (Å²) in [4.78, 5) is 0. The number of hydrogen-bond donors (Lipinski definition) is 2. The Balaban J connectivity index is 2.43. The van der Waals surface area contributed by atoms with Gasteiger partial charge in [-0.25, -0.2) is 4.39 Å². The van der Waals surface area contributed by atoms with Gasteiger partial charge in [0.05, 0.1) is 13.2 Å². The second-order valence-electron chi connectivity index (χ2n) is 4.69. The molecule has 2 aromatic rings. The molecule has 2 aromatic carbocycles. The molecular formula is C16H17BrFNO2. The molecule has 0 aromatic heterocycles. The lowest BCUT2D eigenvalue weighted by molar-refractivity contribution is 0.145. The van der Waals surface area contributed by atoms with Gasteiger partial charge < -0.3 is 15.6 Å². The molecule has 0 bridgehead atoms. The molecule has 3 N–H and O–H groups in total. The summed E-state index contributed by atoms with van der Waals surface area (Å²) in [5, 5.41) is 10.6. The van der Waals surface area contributed by atoms with Gasteiger partial charge in [-0.1, -0.05) is 34.1 Å². The zero-order valence-electron chi connectivity index (χ0n) is 11.6. The van der Waals surface area contributed by atoms with Crippen molar-refractivity contribution in [1.82, 2.24) is 0 Å². The summed E-state index contributed by atoms with van der Waals surface area (Å²) in [5.41, 5.74) is 7.10. The Morgan fingerprint density at radius 1 is 1.24 bits per heavy atom. The van der Waals surface area contributed by atoms with Crippen molar-refractivity contribution in [3.8, 4) is 5.75 Å². The molecule has 0 radical (unpaired) electrons. The molecule has 0 saturated heterocycles. The predicted molar refractivity (Wildman–Crippen MR) is 83.8 cm³/mol. The number of ether oxygens (including phenoxy) is 1. The molecule has 2 atom stereocenters. The molecule has 0 heterocycles. The standard InChI is InChI=1S/C16H17BrFNO2/c1-21-15-5-3-2-4-11(15)13(9-19)16(20)12-8-10(18)6-7-14(12)17/h2-8,13,16,20H,9,19H2,1H3. The molecule has 5 heteroatoms. The van der Waals surface area contributed by atoms with Crippen LogP contribution in [0.15, 0.2) is 46.9 Å². The normalized spacial score (nSPS) is 13.8. The number of aliphatic hydroxyl groups excluding tert-OH is 1. The molecule has 0 spiro atoms. The van der Waals surface area contributed by atoms with E-state index < -0.39 is 11.9 Å². The number of nitrogens with two attached hydrogens (primary N) is 1. The average Bonchev–Trinajstić information content (AvgIpc) is 2.50. The van der Waals surface area contributed by atoms with Gasteiger partial charge in [0.15, 0.2) is 0 Å². The second-order valence-corrected chi connectivity index (χ2v) is 5.55. The lowest BCUT2D eigenvalue weighted by atomic mass is 9.88. The third-order valence-electron chi connectivity index (χ3n) is 3.45. The third kappa shape index (κ3) is 3.43. The third-order valence-corrected chi connectivity index (χ3v) is 4.17. The SMILES string of the molecule is COc1ccccc1C(CN)C(O)c1cc(F)ccc1Br. The van der Waals surface area contributed by atoms with Gasteiger partial charge in [-0.3, -0.25) is 0 Å². The Morgan fingerprint density at radius 3 is 2.62 bits per heavy atom. The van der Waals surface area contributed by atoms with Crippen LogP contribution in [-0.2, 0) is 0 Å². The van der Waals surface area contributed by atoms with E-state index in [9.17, 15) is 9.50 Å². The minimum Gasteiger partial charge on any atom is -0.496 e. The minimum atomic E-state index is -0.934. The maximum atomic E-state index is 13.4. The maximum absolute atomic E-state index is 13.4. The molecule has 2 unspecified atom stereocenters. The van der Waals surface area contributed by atoms with Gasteiger partial charge in [0.25, 0.3) is 0 Å². The molecule has 0 amide bonds. The van der Waals surface area contributed by atoms with E-state index in [4.69, 9.17) is 10.5 Å². The van der Waals surface area contributed by atoms with E-state index in [0.29, 0.717) is 15.8 Å². The second kappa shape index (κ2) is 7.02. The van der Waals surface area contributed by atoms with Gasteiger partial charge in [0.1, 0.15) is 11.6 Å². The fourth-order valence-electron chi connectivity index (χ4n) is 2.36. The number of rotatable bonds is 5. The number of methoxy groups -OCH3 is 1. The highest BCUT2D eigenvalue weighted by Crippen LogP contribution is 2.37. The van der Waals surface area contributed by atoms with E-state index in [1.165, 1.54) is 12.1 Å². The molecule has 0 aliphatic heterocycles. The van der Waals surface area contributed by atoms with Crippen LogP contribution in [0, 0.1) is 5.82 Å². The van der Waals surface area contributed by atoms with E-state index in [1.807, 2.05) is 24.3 Å². The zero-order chi connectivity index (χ0) is 15.4. The van der Waals surface area contributed by atoms with Crippen molar-refractivity contribution in [2.24, 2.45) is 5.73 Å². The van der Waals surface area contributed by atoms with Crippen LogP contribution in [-0.4, -0.2) is 18.8 Å². The van der Waals surface area contributed by atoms with Gasteiger partial charge in [-0.2, -0.15) is 0 Å². The first-order valence-corrected chi connectivity index (χ1v) is 7.33. The van der Waals surface area contributed by atoms with E-state index in [-0.39, 0.29) is 12.5 Å². The number of benzene rings is 2. The fourth-order valence-corrected chi connectivity index (χ4v) is 2.84.